The SMILES string of the molecule is CN(Cc1cc(-c2ccnc(N)n2)ccc1CNC(=O)c1cc2c(s1)CCCC2)C(=O)OC(C)(C)C. The van der Waals surface area contributed by atoms with Crippen LogP contribution in [-0.2, 0) is 30.7 Å². The number of aryl methyl sites for hydroxylation is 2. The van der Waals surface area contributed by atoms with Gasteiger partial charge in [0.2, 0.25) is 5.95 Å². The molecule has 0 bridgehead atoms. The minimum atomic E-state index is -0.595. The van der Waals surface area contributed by atoms with Crippen molar-refractivity contribution in [3.63, 3.8) is 0 Å². The first-order valence-corrected chi connectivity index (χ1v) is 13.0. The molecule has 4 rings (SSSR count). The number of aromatic nitrogens is 2. The molecule has 0 atom stereocenters. The van der Waals surface area contributed by atoms with E-state index in [1.54, 1.807) is 30.6 Å². The maximum atomic E-state index is 12.9. The van der Waals surface area contributed by atoms with E-state index in [1.165, 1.54) is 28.2 Å². The number of anilines is 1. The zero-order valence-corrected chi connectivity index (χ0v) is 22.1. The molecule has 1 aliphatic carbocycles. The Kier molecular flexibility index (Phi) is 7.59. The minimum Gasteiger partial charge on any atom is -0.444 e. The summed E-state index contributed by atoms with van der Waals surface area (Å²) in [6.07, 6.45) is 5.67. The van der Waals surface area contributed by atoms with Crippen molar-refractivity contribution in [1.82, 2.24) is 20.2 Å². The van der Waals surface area contributed by atoms with Gasteiger partial charge in [0.05, 0.1) is 10.6 Å². The number of hydrogen-bond acceptors (Lipinski definition) is 7. The van der Waals surface area contributed by atoms with Crippen LogP contribution in [-0.4, -0.2) is 39.5 Å². The van der Waals surface area contributed by atoms with Gasteiger partial charge < -0.3 is 20.7 Å². The maximum Gasteiger partial charge on any atom is 0.410 e. The molecule has 2 aromatic heterocycles. The summed E-state index contributed by atoms with van der Waals surface area (Å²) in [5.41, 5.74) is 9.81. The number of rotatable bonds is 6. The second kappa shape index (κ2) is 10.7. The van der Waals surface area contributed by atoms with E-state index >= 15 is 0 Å². The molecular weight excluding hydrogens is 474 g/mol. The highest BCUT2D eigenvalue weighted by Crippen LogP contribution is 2.30. The average molecular weight is 508 g/mol. The van der Waals surface area contributed by atoms with Crippen molar-refractivity contribution < 1.29 is 14.3 Å². The van der Waals surface area contributed by atoms with Crippen LogP contribution in [0.3, 0.4) is 0 Å². The first kappa shape index (κ1) is 25.6. The quantitative estimate of drug-likeness (QED) is 0.488. The number of nitrogens with zero attached hydrogens (tertiary/aromatic N) is 3. The topological polar surface area (TPSA) is 110 Å². The number of nitrogens with two attached hydrogens (primary N) is 1. The number of benzene rings is 1. The van der Waals surface area contributed by atoms with Gasteiger partial charge in [0.25, 0.3) is 5.91 Å². The molecule has 2 amide bonds. The summed E-state index contributed by atoms with van der Waals surface area (Å²) in [6.45, 7) is 6.15. The monoisotopic (exact) mass is 507 g/mol. The Hall–Kier alpha value is -3.46. The van der Waals surface area contributed by atoms with Crippen molar-refractivity contribution in [1.29, 1.82) is 0 Å². The highest BCUT2D eigenvalue weighted by atomic mass is 32.1. The molecule has 2 heterocycles. The third kappa shape index (κ3) is 6.40. The van der Waals surface area contributed by atoms with E-state index in [4.69, 9.17) is 10.5 Å². The number of nitrogens with one attached hydrogen (secondary N) is 1. The van der Waals surface area contributed by atoms with Gasteiger partial charge >= 0.3 is 6.09 Å². The number of hydrogen-bond donors (Lipinski definition) is 2. The molecule has 36 heavy (non-hydrogen) atoms. The first-order chi connectivity index (χ1) is 17.1. The number of fused-ring (bicyclic) bond motifs is 1. The lowest BCUT2D eigenvalue weighted by Crippen LogP contribution is -2.34. The molecule has 0 radical (unpaired) electrons. The Bertz CT molecular complexity index is 1240. The number of amides is 2. The fourth-order valence-electron chi connectivity index (χ4n) is 4.16. The molecule has 190 valence electrons. The molecule has 0 unspecified atom stereocenters. The lowest BCUT2D eigenvalue weighted by Gasteiger charge is -2.25. The Morgan fingerprint density at radius 2 is 1.92 bits per heavy atom. The van der Waals surface area contributed by atoms with Gasteiger partial charge in [0.15, 0.2) is 0 Å². The molecule has 0 spiro atoms. The van der Waals surface area contributed by atoms with Crippen LogP contribution in [0.1, 0.15) is 64.9 Å². The summed E-state index contributed by atoms with van der Waals surface area (Å²) in [6, 6.07) is 9.67. The molecule has 8 nitrogen and oxygen atoms in total. The van der Waals surface area contributed by atoms with Crippen molar-refractivity contribution in [2.45, 2.75) is 65.1 Å². The van der Waals surface area contributed by atoms with Crippen LogP contribution in [0.5, 0.6) is 0 Å². The summed E-state index contributed by atoms with van der Waals surface area (Å²) in [5.74, 6) is 0.114. The Balaban J connectivity index is 1.55. The summed E-state index contributed by atoms with van der Waals surface area (Å²) in [7, 11) is 1.70. The van der Waals surface area contributed by atoms with Crippen LogP contribution >= 0.6 is 11.3 Å². The third-order valence-corrected chi connectivity index (χ3v) is 7.18. The molecule has 0 saturated carbocycles. The molecule has 9 heteroatoms. The fourth-order valence-corrected chi connectivity index (χ4v) is 5.33. The third-order valence-electron chi connectivity index (χ3n) is 5.95. The van der Waals surface area contributed by atoms with Gasteiger partial charge in [0, 0.05) is 36.8 Å². The molecule has 1 aliphatic rings. The van der Waals surface area contributed by atoms with Crippen LogP contribution in [0.15, 0.2) is 36.5 Å². The van der Waals surface area contributed by atoms with Gasteiger partial charge in [-0.2, -0.15) is 0 Å². The van der Waals surface area contributed by atoms with Gasteiger partial charge in [-0.05, 0) is 81.3 Å². The average Bonchev–Trinajstić information content (AvgIpc) is 3.26. The van der Waals surface area contributed by atoms with E-state index in [9.17, 15) is 9.59 Å². The van der Waals surface area contributed by atoms with Crippen LogP contribution < -0.4 is 11.1 Å². The van der Waals surface area contributed by atoms with Crippen LogP contribution in [0.2, 0.25) is 0 Å². The summed E-state index contributed by atoms with van der Waals surface area (Å²) < 4.78 is 5.52. The second-order valence-electron chi connectivity index (χ2n) is 10.1. The van der Waals surface area contributed by atoms with E-state index in [0.717, 1.165) is 34.4 Å². The second-order valence-corrected chi connectivity index (χ2v) is 11.2. The predicted molar refractivity (Wildman–Crippen MR) is 142 cm³/mol. The Morgan fingerprint density at radius 1 is 1.14 bits per heavy atom. The number of carbonyl (C=O) groups is 2. The molecule has 0 saturated heterocycles. The van der Waals surface area contributed by atoms with Crippen molar-refractivity contribution in [3.05, 3.63) is 63.0 Å². The van der Waals surface area contributed by atoms with Gasteiger partial charge in [-0.1, -0.05) is 12.1 Å². The highest BCUT2D eigenvalue weighted by Gasteiger charge is 2.21. The fraction of sp³-hybridized carbons (Fsp3) is 0.407. The summed E-state index contributed by atoms with van der Waals surface area (Å²) in [5, 5.41) is 3.07. The lowest BCUT2D eigenvalue weighted by molar-refractivity contribution is 0.0284. The number of thiophene rings is 1. The van der Waals surface area contributed by atoms with E-state index < -0.39 is 11.7 Å². The van der Waals surface area contributed by atoms with Crippen molar-refractivity contribution in [3.8, 4) is 11.3 Å². The highest BCUT2D eigenvalue weighted by molar-refractivity contribution is 7.14. The van der Waals surface area contributed by atoms with Crippen molar-refractivity contribution in [2.75, 3.05) is 12.8 Å². The van der Waals surface area contributed by atoms with E-state index in [2.05, 4.69) is 15.3 Å². The normalized spacial score (nSPS) is 13.1. The molecule has 3 aromatic rings. The lowest BCUT2D eigenvalue weighted by atomic mass is 9.99. The molecule has 0 aliphatic heterocycles. The Labute approximate surface area is 215 Å². The van der Waals surface area contributed by atoms with Crippen molar-refractivity contribution in [2.24, 2.45) is 0 Å². The van der Waals surface area contributed by atoms with Crippen LogP contribution in [0, 0.1) is 0 Å². The minimum absolute atomic E-state index is 0.0755. The summed E-state index contributed by atoms with van der Waals surface area (Å²) in [4.78, 5) is 37.5. The van der Waals surface area contributed by atoms with Gasteiger partial charge in [0.1, 0.15) is 5.60 Å². The van der Waals surface area contributed by atoms with E-state index in [0.29, 0.717) is 18.8 Å². The van der Waals surface area contributed by atoms with Gasteiger partial charge in [-0.25, -0.2) is 14.8 Å². The van der Waals surface area contributed by atoms with E-state index in [1.807, 2.05) is 45.0 Å². The van der Waals surface area contributed by atoms with Gasteiger partial charge in [-0.15, -0.1) is 11.3 Å². The smallest absolute Gasteiger partial charge is 0.410 e. The maximum absolute atomic E-state index is 12.9. The zero-order chi connectivity index (χ0) is 25.9. The predicted octanol–water partition coefficient (Wildman–Crippen LogP) is 4.96. The number of ether oxygens (including phenoxy) is 1. The van der Waals surface area contributed by atoms with Crippen LogP contribution in [0.25, 0.3) is 11.3 Å². The van der Waals surface area contributed by atoms with Crippen molar-refractivity contribution >= 4 is 29.3 Å². The molecule has 0 fully saturated rings. The van der Waals surface area contributed by atoms with Gasteiger partial charge in [-0.3, -0.25) is 4.79 Å². The largest absolute Gasteiger partial charge is 0.444 e. The van der Waals surface area contributed by atoms with E-state index in [-0.39, 0.29) is 11.9 Å². The number of nitrogen functional groups attached to an aromatic ring is 1. The molecule has 1 aromatic carbocycles. The van der Waals surface area contributed by atoms with Crippen LogP contribution in [0.4, 0.5) is 10.7 Å². The molecule has 3 N–H and O–H groups in total. The number of carbonyl (C=O) groups excluding carboxylic acids is 2. The standard InChI is InChI=1S/C27H33N5O3S/c1-27(2,3)35-26(34)32(4)16-20-13-17(21-11-12-29-25(28)31-21)9-10-19(20)15-30-24(33)23-14-18-7-5-6-8-22(18)36-23/h9-14H,5-8,15-16H2,1-4H3,(H,30,33)(H2,28,29,31). The molecular formula is C27H33N5O3S. The summed E-state index contributed by atoms with van der Waals surface area (Å²) >= 11 is 1.60. The first-order valence-electron chi connectivity index (χ1n) is 12.1. The zero-order valence-electron chi connectivity index (χ0n) is 21.3. The Morgan fingerprint density at radius 3 is 2.64 bits per heavy atom.